The number of nitrogens with zero attached hydrogens (tertiary/aromatic N) is 2. The Hall–Kier alpha value is -0.520. The Kier molecular flexibility index (Phi) is 7.63. The number of rotatable bonds is 3. The molecule has 7 heteroatoms. The summed E-state index contributed by atoms with van der Waals surface area (Å²) in [4.78, 5) is 17.0. The number of hydrogen-bond donors (Lipinski definition) is 1. The van der Waals surface area contributed by atoms with Crippen LogP contribution in [0.3, 0.4) is 0 Å². The van der Waals surface area contributed by atoms with Crippen LogP contribution in [0, 0.1) is 0 Å². The topological polar surface area (TPSA) is 35.6 Å². The van der Waals surface area contributed by atoms with Crippen LogP contribution in [0.1, 0.15) is 30.9 Å². The average molecular weight is 393 g/mol. The Labute approximate surface area is 159 Å². The van der Waals surface area contributed by atoms with Gasteiger partial charge in [-0.1, -0.05) is 29.3 Å². The van der Waals surface area contributed by atoms with Gasteiger partial charge in [0.05, 0.1) is 22.6 Å². The van der Waals surface area contributed by atoms with Crippen LogP contribution in [0.15, 0.2) is 18.2 Å². The second-order valence-electron chi connectivity index (χ2n) is 6.30. The minimum atomic E-state index is 0. The normalized spacial score (nSPS) is 22.1. The number of nitrogens with one attached hydrogen (secondary N) is 1. The van der Waals surface area contributed by atoms with E-state index in [0.717, 1.165) is 57.5 Å². The van der Waals surface area contributed by atoms with Gasteiger partial charge in [0.1, 0.15) is 0 Å². The van der Waals surface area contributed by atoms with E-state index in [2.05, 4.69) is 10.2 Å². The summed E-state index contributed by atoms with van der Waals surface area (Å²) in [6.07, 6.45) is 3.13. The average Bonchev–Trinajstić information content (AvgIpc) is 2.89. The minimum Gasteiger partial charge on any atom is -0.335 e. The lowest BCUT2D eigenvalue weighted by molar-refractivity contribution is -0.133. The molecule has 4 nitrogen and oxygen atoms in total. The Morgan fingerprint density at radius 1 is 1.12 bits per heavy atom. The number of benzene rings is 1. The largest absolute Gasteiger partial charge is 0.335 e. The molecule has 1 atom stereocenters. The maximum Gasteiger partial charge on any atom is 0.237 e. The van der Waals surface area contributed by atoms with Crippen LogP contribution < -0.4 is 5.32 Å². The second kappa shape index (κ2) is 9.25. The monoisotopic (exact) mass is 391 g/mol. The SMILES string of the molecule is Cl.O=C(CN1CCCNCC1)N1CCCC1c1ccc(Cl)c(Cl)c1. The zero-order chi connectivity index (χ0) is 16.2. The molecule has 3 rings (SSSR count). The Morgan fingerprint density at radius 3 is 2.75 bits per heavy atom. The number of carbonyl (C=O) groups is 1. The van der Waals surface area contributed by atoms with Crippen molar-refractivity contribution in [2.45, 2.75) is 25.3 Å². The quantitative estimate of drug-likeness (QED) is 0.856. The standard InChI is InChI=1S/C17H23Cl2N3O.ClH/c18-14-5-4-13(11-15(14)19)16-3-1-9-22(16)17(23)12-21-8-2-6-20-7-10-21;/h4-5,11,16,20H,1-3,6-10,12H2;1H. The molecule has 2 aliphatic rings. The predicted molar refractivity (Wildman–Crippen MR) is 101 cm³/mol. The molecule has 0 spiro atoms. The summed E-state index contributed by atoms with van der Waals surface area (Å²) in [5.74, 6) is 0.223. The first kappa shape index (κ1) is 19.8. The molecule has 0 radical (unpaired) electrons. The molecule has 2 heterocycles. The van der Waals surface area contributed by atoms with Crippen LogP contribution in [-0.2, 0) is 4.79 Å². The zero-order valence-corrected chi connectivity index (χ0v) is 16.0. The van der Waals surface area contributed by atoms with Crippen LogP contribution in [0.5, 0.6) is 0 Å². The maximum atomic E-state index is 12.8. The summed E-state index contributed by atoms with van der Waals surface area (Å²) in [7, 11) is 0. The van der Waals surface area contributed by atoms with Gasteiger partial charge in [-0.15, -0.1) is 12.4 Å². The fourth-order valence-electron chi connectivity index (χ4n) is 3.47. The molecular weight excluding hydrogens is 369 g/mol. The van der Waals surface area contributed by atoms with Crippen molar-refractivity contribution in [3.8, 4) is 0 Å². The van der Waals surface area contributed by atoms with Crippen LogP contribution in [0.25, 0.3) is 0 Å². The first-order valence-electron chi connectivity index (χ1n) is 8.32. The van der Waals surface area contributed by atoms with Gasteiger partial charge in [0.2, 0.25) is 5.91 Å². The third kappa shape index (κ3) is 4.77. The number of hydrogen-bond acceptors (Lipinski definition) is 3. The van der Waals surface area contributed by atoms with Crippen molar-refractivity contribution < 1.29 is 4.79 Å². The van der Waals surface area contributed by atoms with Gasteiger partial charge in [-0.3, -0.25) is 9.69 Å². The van der Waals surface area contributed by atoms with E-state index in [1.807, 2.05) is 23.1 Å². The van der Waals surface area contributed by atoms with Gasteiger partial charge in [0, 0.05) is 19.6 Å². The molecular formula is C17H24Cl3N3O. The van der Waals surface area contributed by atoms with Gasteiger partial charge >= 0.3 is 0 Å². The fourth-order valence-corrected chi connectivity index (χ4v) is 3.78. The van der Waals surface area contributed by atoms with E-state index in [1.54, 1.807) is 0 Å². The molecule has 0 aliphatic carbocycles. The summed E-state index contributed by atoms with van der Waals surface area (Å²) in [6, 6.07) is 5.83. The smallest absolute Gasteiger partial charge is 0.237 e. The Balaban J connectivity index is 0.00000208. The van der Waals surface area contributed by atoms with Crippen molar-refractivity contribution in [2.24, 2.45) is 0 Å². The molecule has 1 N–H and O–H groups in total. The highest BCUT2D eigenvalue weighted by Crippen LogP contribution is 2.35. The fraction of sp³-hybridized carbons (Fsp3) is 0.588. The van der Waals surface area contributed by atoms with Gasteiger partial charge in [-0.2, -0.15) is 0 Å². The van der Waals surface area contributed by atoms with E-state index < -0.39 is 0 Å². The van der Waals surface area contributed by atoms with Crippen molar-refractivity contribution in [3.63, 3.8) is 0 Å². The van der Waals surface area contributed by atoms with E-state index >= 15 is 0 Å². The first-order chi connectivity index (χ1) is 11.1. The van der Waals surface area contributed by atoms with Crippen molar-refractivity contribution >= 4 is 41.5 Å². The highest BCUT2D eigenvalue weighted by molar-refractivity contribution is 6.42. The van der Waals surface area contributed by atoms with Gasteiger partial charge in [0.15, 0.2) is 0 Å². The molecule has 0 aromatic heterocycles. The molecule has 2 aliphatic heterocycles. The lowest BCUT2D eigenvalue weighted by Crippen LogP contribution is -2.41. The number of carbonyl (C=O) groups excluding carboxylic acids is 1. The summed E-state index contributed by atoms with van der Waals surface area (Å²) < 4.78 is 0. The number of amides is 1. The predicted octanol–water partition coefficient (Wildman–Crippen LogP) is 3.37. The summed E-state index contributed by atoms with van der Waals surface area (Å²) in [6.45, 7) is 5.28. The van der Waals surface area contributed by atoms with E-state index in [1.165, 1.54) is 0 Å². The molecule has 1 aromatic carbocycles. The molecule has 1 unspecified atom stereocenters. The first-order valence-corrected chi connectivity index (χ1v) is 9.08. The van der Waals surface area contributed by atoms with Gasteiger partial charge in [-0.25, -0.2) is 0 Å². The van der Waals surface area contributed by atoms with Crippen molar-refractivity contribution in [1.29, 1.82) is 0 Å². The third-order valence-corrected chi connectivity index (χ3v) is 5.43. The maximum absolute atomic E-state index is 12.8. The van der Waals surface area contributed by atoms with Crippen LogP contribution in [-0.4, -0.2) is 55.0 Å². The number of likely N-dealkylation sites (tertiary alicyclic amines) is 1. The Bertz CT molecular complexity index is 562. The van der Waals surface area contributed by atoms with Gasteiger partial charge in [0.25, 0.3) is 0 Å². The molecule has 1 aromatic rings. The molecule has 24 heavy (non-hydrogen) atoms. The van der Waals surface area contributed by atoms with Gasteiger partial charge < -0.3 is 10.2 Å². The highest BCUT2D eigenvalue weighted by Gasteiger charge is 2.31. The van der Waals surface area contributed by atoms with Crippen molar-refractivity contribution in [3.05, 3.63) is 33.8 Å². The molecule has 1 amide bonds. The number of halogens is 3. The lowest BCUT2D eigenvalue weighted by Gasteiger charge is -2.28. The molecule has 0 saturated carbocycles. The van der Waals surface area contributed by atoms with Crippen molar-refractivity contribution in [2.75, 3.05) is 39.3 Å². The molecule has 2 saturated heterocycles. The van der Waals surface area contributed by atoms with Crippen molar-refractivity contribution in [1.82, 2.24) is 15.1 Å². The van der Waals surface area contributed by atoms with Crippen LogP contribution in [0.4, 0.5) is 0 Å². The Morgan fingerprint density at radius 2 is 1.96 bits per heavy atom. The second-order valence-corrected chi connectivity index (χ2v) is 7.11. The third-order valence-electron chi connectivity index (χ3n) is 4.69. The summed E-state index contributed by atoms with van der Waals surface area (Å²) in [5.41, 5.74) is 1.09. The highest BCUT2D eigenvalue weighted by atomic mass is 35.5. The van der Waals surface area contributed by atoms with E-state index in [9.17, 15) is 4.79 Å². The van der Waals surface area contributed by atoms with Crippen LogP contribution in [0.2, 0.25) is 10.0 Å². The summed E-state index contributed by atoms with van der Waals surface area (Å²) >= 11 is 12.1. The van der Waals surface area contributed by atoms with E-state index in [0.29, 0.717) is 16.6 Å². The minimum absolute atomic E-state index is 0. The van der Waals surface area contributed by atoms with E-state index in [4.69, 9.17) is 23.2 Å². The lowest BCUT2D eigenvalue weighted by atomic mass is 10.0. The molecule has 134 valence electrons. The van der Waals surface area contributed by atoms with Gasteiger partial charge in [-0.05, 0) is 50.0 Å². The summed E-state index contributed by atoms with van der Waals surface area (Å²) in [5, 5.41) is 4.49. The van der Waals surface area contributed by atoms with Crippen LogP contribution >= 0.6 is 35.6 Å². The van der Waals surface area contributed by atoms with E-state index in [-0.39, 0.29) is 24.4 Å². The molecule has 2 fully saturated rings. The molecule has 0 bridgehead atoms. The zero-order valence-electron chi connectivity index (χ0n) is 13.6.